The summed E-state index contributed by atoms with van der Waals surface area (Å²) in [4.78, 5) is 37.3. The largest absolute Gasteiger partial charge is 0.382 e. The zero-order valence-electron chi connectivity index (χ0n) is 15.3. The van der Waals surface area contributed by atoms with Crippen LogP contribution in [0.1, 0.15) is 16.1 Å². The van der Waals surface area contributed by atoms with Gasteiger partial charge in [-0.3, -0.25) is 19.1 Å². The van der Waals surface area contributed by atoms with Gasteiger partial charge in [0.1, 0.15) is 5.69 Å². The van der Waals surface area contributed by atoms with Crippen LogP contribution in [-0.4, -0.2) is 25.4 Å². The van der Waals surface area contributed by atoms with Gasteiger partial charge in [-0.15, -0.1) is 0 Å². The number of benzene rings is 1. The van der Waals surface area contributed by atoms with E-state index < -0.39 is 5.91 Å². The molecule has 29 heavy (non-hydrogen) atoms. The molecule has 0 aliphatic rings. The van der Waals surface area contributed by atoms with Crippen molar-refractivity contribution in [2.75, 3.05) is 5.73 Å². The fourth-order valence-electron chi connectivity index (χ4n) is 3.04. The molecule has 4 aromatic rings. The predicted octanol–water partition coefficient (Wildman–Crippen LogP) is 2.49. The third kappa shape index (κ3) is 3.19. The number of halogens is 1. The van der Waals surface area contributed by atoms with E-state index in [1.165, 1.54) is 4.57 Å². The highest BCUT2D eigenvalue weighted by atomic mass is 35.5. The minimum absolute atomic E-state index is 0.167. The highest BCUT2D eigenvalue weighted by Gasteiger charge is 2.20. The summed E-state index contributed by atoms with van der Waals surface area (Å²) in [6.07, 6.45) is 3.19. The van der Waals surface area contributed by atoms with E-state index in [9.17, 15) is 9.59 Å². The summed E-state index contributed by atoms with van der Waals surface area (Å²) in [5.41, 5.74) is 12.7. The lowest BCUT2D eigenvalue weighted by Crippen LogP contribution is -2.24. The molecule has 4 N–H and O–H groups in total. The molecule has 0 aliphatic heterocycles. The molecule has 0 atom stereocenters. The highest BCUT2D eigenvalue weighted by molar-refractivity contribution is 6.35. The summed E-state index contributed by atoms with van der Waals surface area (Å²) in [5.74, 6) is -0.827. The fraction of sp³-hybridized carbons (Fsp3) is 0.0500. The number of carbonyl (C=O) groups is 1. The number of rotatable bonds is 3. The van der Waals surface area contributed by atoms with E-state index in [1.54, 1.807) is 49.6 Å². The van der Waals surface area contributed by atoms with Crippen molar-refractivity contribution in [3.8, 4) is 17.1 Å². The first kappa shape index (κ1) is 18.6. The molecule has 144 valence electrons. The van der Waals surface area contributed by atoms with Gasteiger partial charge >= 0.3 is 0 Å². The van der Waals surface area contributed by atoms with Crippen LogP contribution < -0.4 is 17.0 Å². The number of primary amides is 1. The van der Waals surface area contributed by atoms with Gasteiger partial charge in [0.25, 0.3) is 11.5 Å². The number of pyridine rings is 2. The number of nitrogens with zero attached hydrogens (tertiary/aromatic N) is 4. The molecular weight excluding hydrogens is 392 g/mol. The van der Waals surface area contributed by atoms with Crippen LogP contribution in [0.25, 0.3) is 28.0 Å². The molecule has 3 aromatic heterocycles. The van der Waals surface area contributed by atoms with Crippen LogP contribution >= 0.6 is 11.6 Å². The van der Waals surface area contributed by atoms with Crippen LogP contribution in [-0.2, 0) is 0 Å². The molecule has 0 aliphatic carbocycles. The van der Waals surface area contributed by atoms with E-state index >= 15 is 0 Å². The number of hydrogen-bond acceptors (Lipinski definition) is 6. The Morgan fingerprint density at radius 1 is 1.17 bits per heavy atom. The number of aryl methyl sites for hydroxylation is 1. The van der Waals surface area contributed by atoms with E-state index in [4.69, 9.17) is 23.1 Å². The summed E-state index contributed by atoms with van der Waals surface area (Å²) in [7, 11) is 0. The number of carbonyl (C=O) groups excluding carboxylic acids is 1. The summed E-state index contributed by atoms with van der Waals surface area (Å²) < 4.78 is 1.32. The Morgan fingerprint density at radius 2 is 1.97 bits per heavy atom. The standard InChI is InChI=1S/C20H15ClN6O2/c1-10-4-3-7-27(20(10)29)19-15(25-16(18(23)28)17(22)26-19)12-8-11-5-2-6-24-14(11)13(21)9-12/h2-9H,1H3,(H2,22,26)(H2,23,28). The molecule has 0 unspecified atom stereocenters. The molecular formula is C20H15ClN6O2. The van der Waals surface area contributed by atoms with Crippen LogP contribution in [0.2, 0.25) is 5.02 Å². The third-order valence-corrected chi connectivity index (χ3v) is 4.72. The van der Waals surface area contributed by atoms with Gasteiger partial charge in [0.2, 0.25) is 0 Å². The molecule has 0 saturated carbocycles. The van der Waals surface area contributed by atoms with Crippen LogP contribution in [0, 0.1) is 6.92 Å². The lowest BCUT2D eigenvalue weighted by molar-refractivity contribution is 0.0996. The van der Waals surface area contributed by atoms with Gasteiger partial charge in [0.05, 0.1) is 10.5 Å². The number of fused-ring (bicyclic) bond motifs is 1. The van der Waals surface area contributed by atoms with Crippen molar-refractivity contribution in [2.45, 2.75) is 6.92 Å². The number of nitrogen functional groups attached to an aromatic ring is 1. The van der Waals surface area contributed by atoms with Gasteiger partial charge in [-0.2, -0.15) is 0 Å². The second-order valence-electron chi connectivity index (χ2n) is 6.39. The minimum atomic E-state index is -0.826. The summed E-state index contributed by atoms with van der Waals surface area (Å²) in [6, 6.07) is 10.5. The van der Waals surface area contributed by atoms with Crippen LogP contribution in [0.3, 0.4) is 0 Å². The second-order valence-corrected chi connectivity index (χ2v) is 6.80. The quantitative estimate of drug-likeness (QED) is 0.537. The average molecular weight is 407 g/mol. The Hall–Kier alpha value is -3.78. The van der Waals surface area contributed by atoms with Gasteiger partial charge in [0.15, 0.2) is 17.3 Å². The number of aromatic nitrogens is 4. The van der Waals surface area contributed by atoms with Gasteiger partial charge in [-0.05, 0) is 31.2 Å². The zero-order valence-corrected chi connectivity index (χ0v) is 16.0. The van der Waals surface area contributed by atoms with Gasteiger partial charge in [0, 0.05) is 28.9 Å². The normalized spacial score (nSPS) is 11.0. The predicted molar refractivity (Wildman–Crippen MR) is 111 cm³/mol. The average Bonchev–Trinajstić information content (AvgIpc) is 2.69. The molecule has 0 radical (unpaired) electrons. The Morgan fingerprint density at radius 3 is 2.72 bits per heavy atom. The Balaban J connectivity index is 2.09. The monoisotopic (exact) mass is 406 g/mol. The van der Waals surface area contributed by atoms with Crippen molar-refractivity contribution in [1.29, 1.82) is 0 Å². The third-order valence-electron chi connectivity index (χ3n) is 4.44. The summed E-state index contributed by atoms with van der Waals surface area (Å²) >= 11 is 6.41. The Kier molecular flexibility index (Phi) is 4.48. The maximum Gasteiger partial charge on any atom is 0.271 e. The van der Waals surface area contributed by atoms with E-state index in [2.05, 4.69) is 15.0 Å². The molecule has 1 aromatic carbocycles. The molecule has 9 heteroatoms. The molecule has 4 rings (SSSR count). The smallest absolute Gasteiger partial charge is 0.271 e. The van der Waals surface area contributed by atoms with Gasteiger partial charge in [-0.25, -0.2) is 9.97 Å². The second kappa shape index (κ2) is 6.99. The van der Waals surface area contributed by atoms with Crippen molar-refractivity contribution in [2.24, 2.45) is 5.73 Å². The molecule has 0 bridgehead atoms. The molecule has 1 amide bonds. The van der Waals surface area contributed by atoms with Crippen LogP contribution in [0.5, 0.6) is 0 Å². The fourth-order valence-corrected chi connectivity index (χ4v) is 3.31. The molecule has 0 spiro atoms. The van der Waals surface area contributed by atoms with E-state index in [-0.39, 0.29) is 28.6 Å². The van der Waals surface area contributed by atoms with Crippen LogP contribution in [0.4, 0.5) is 5.82 Å². The number of hydrogen-bond donors (Lipinski definition) is 2. The van der Waals surface area contributed by atoms with E-state index in [1.807, 2.05) is 6.07 Å². The maximum atomic E-state index is 12.7. The summed E-state index contributed by atoms with van der Waals surface area (Å²) in [6.45, 7) is 1.69. The van der Waals surface area contributed by atoms with Crippen LogP contribution in [0.15, 0.2) is 53.6 Å². The lowest BCUT2D eigenvalue weighted by Gasteiger charge is -2.14. The Labute approximate surface area is 169 Å². The first-order valence-corrected chi connectivity index (χ1v) is 8.95. The number of nitrogens with two attached hydrogens (primary N) is 2. The molecule has 0 saturated heterocycles. The van der Waals surface area contributed by atoms with E-state index in [0.717, 1.165) is 5.39 Å². The molecule has 0 fully saturated rings. The highest BCUT2D eigenvalue weighted by Crippen LogP contribution is 2.31. The van der Waals surface area contributed by atoms with Crippen molar-refractivity contribution < 1.29 is 4.79 Å². The Bertz CT molecular complexity index is 1350. The van der Waals surface area contributed by atoms with Gasteiger partial charge < -0.3 is 11.5 Å². The SMILES string of the molecule is Cc1cccn(-c2nc(N)c(C(N)=O)nc2-c2cc(Cl)c3ncccc3c2)c1=O. The number of anilines is 1. The summed E-state index contributed by atoms with van der Waals surface area (Å²) in [5, 5.41) is 1.15. The maximum absolute atomic E-state index is 12.7. The van der Waals surface area contributed by atoms with Crippen molar-refractivity contribution in [1.82, 2.24) is 19.5 Å². The number of amides is 1. The topological polar surface area (TPSA) is 130 Å². The van der Waals surface area contributed by atoms with E-state index in [0.29, 0.717) is 21.7 Å². The van der Waals surface area contributed by atoms with Gasteiger partial charge in [-0.1, -0.05) is 23.7 Å². The lowest BCUT2D eigenvalue weighted by atomic mass is 10.1. The molecule has 8 nitrogen and oxygen atoms in total. The molecule has 3 heterocycles. The van der Waals surface area contributed by atoms with Crippen molar-refractivity contribution in [3.63, 3.8) is 0 Å². The first-order chi connectivity index (χ1) is 13.9. The van der Waals surface area contributed by atoms with Crippen molar-refractivity contribution >= 4 is 34.2 Å². The minimum Gasteiger partial charge on any atom is -0.382 e. The van der Waals surface area contributed by atoms with Crippen molar-refractivity contribution in [3.05, 3.63) is 75.4 Å². The zero-order chi connectivity index (χ0) is 20.7. The first-order valence-electron chi connectivity index (χ1n) is 8.57.